The molecule has 0 aliphatic heterocycles. The highest BCUT2D eigenvalue weighted by molar-refractivity contribution is 7.28. The lowest BCUT2D eigenvalue weighted by Gasteiger charge is -2.14. The Balaban J connectivity index is 1.21. The second-order valence-electron chi connectivity index (χ2n) is 9.22. The minimum Gasteiger partial charge on any atom is -0.481 e. The number of hydrogen-bond donors (Lipinski definition) is 2. The highest BCUT2D eigenvalue weighted by atomic mass is 32.1. The van der Waals surface area contributed by atoms with Crippen molar-refractivity contribution in [2.75, 3.05) is 5.32 Å². The zero-order chi connectivity index (χ0) is 24.9. The van der Waals surface area contributed by atoms with E-state index in [0.717, 1.165) is 37.6 Å². The lowest BCUT2D eigenvalue weighted by Crippen LogP contribution is -2.17. The maximum absolute atomic E-state index is 12.7. The molecule has 4 aromatic rings. The molecular weight excluding hydrogens is 496 g/mol. The third kappa shape index (κ3) is 4.27. The van der Waals surface area contributed by atoms with E-state index in [0.29, 0.717) is 30.0 Å². The van der Waals surface area contributed by atoms with Gasteiger partial charge in [0.05, 0.1) is 4.88 Å². The third-order valence-corrected chi connectivity index (χ3v) is 9.01. The van der Waals surface area contributed by atoms with Crippen molar-refractivity contribution in [3.63, 3.8) is 0 Å². The van der Waals surface area contributed by atoms with E-state index in [1.165, 1.54) is 22.7 Å². The first kappa shape index (κ1) is 22.8. The number of carbonyl (C=O) groups is 2. The van der Waals surface area contributed by atoms with Gasteiger partial charge < -0.3 is 14.4 Å². The number of carboxylic acid groups (broad SMARTS) is 1. The summed E-state index contributed by atoms with van der Waals surface area (Å²) in [7, 11) is 0. The number of benzene rings is 1. The average Bonchev–Trinajstić information content (AvgIpc) is 3.76. The van der Waals surface area contributed by atoms with Crippen molar-refractivity contribution in [2.45, 2.75) is 50.0 Å². The fraction of sp³-hybridized carbons (Fsp3) is 0.296. The quantitative estimate of drug-likeness (QED) is 0.277. The maximum atomic E-state index is 12.7. The molecular formula is C27H22N2O5S2. The first-order valence-corrected chi connectivity index (χ1v) is 13.4. The number of carbonyl (C=O) groups excluding carboxylic acids is 1. The first-order chi connectivity index (χ1) is 17.4. The molecule has 0 spiro atoms. The van der Waals surface area contributed by atoms with Crippen LogP contribution in [0.25, 0.3) is 9.40 Å². The Labute approximate surface area is 215 Å². The van der Waals surface area contributed by atoms with Gasteiger partial charge in [-0.15, -0.1) is 22.7 Å². The second kappa shape index (κ2) is 8.80. The van der Waals surface area contributed by atoms with Gasteiger partial charge >= 0.3 is 12.1 Å². The molecule has 182 valence electrons. The molecule has 7 nitrogen and oxygen atoms in total. The molecule has 2 N–H and O–H groups in total. The molecule has 2 aliphatic carbocycles. The molecule has 6 rings (SSSR count). The van der Waals surface area contributed by atoms with Gasteiger partial charge in [-0.25, -0.2) is 4.79 Å². The predicted molar refractivity (Wildman–Crippen MR) is 138 cm³/mol. The predicted octanol–water partition coefficient (Wildman–Crippen LogP) is 6.65. The Morgan fingerprint density at radius 1 is 1.17 bits per heavy atom. The number of aliphatic carboxylic acids is 1. The zero-order valence-electron chi connectivity index (χ0n) is 19.4. The summed E-state index contributed by atoms with van der Waals surface area (Å²) in [5.41, 5.74) is 1.37. The molecule has 36 heavy (non-hydrogen) atoms. The van der Waals surface area contributed by atoms with E-state index in [9.17, 15) is 14.7 Å². The summed E-state index contributed by atoms with van der Waals surface area (Å²) in [6, 6.07) is 13.5. The first-order valence-electron chi connectivity index (χ1n) is 11.7. The van der Waals surface area contributed by atoms with Crippen molar-refractivity contribution in [1.82, 2.24) is 5.16 Å². The minimum atomic E-state index is -0.745. The van der Waals surface area contributed by atoms with E-state index in [1.807, 2.05) is 49.4 Å². The standard InChI is InChI=1S/C27H22N2O5S2/c1-15(16-5-3-2-4-6-16)33-26(32)28-24-19(34-29-23(24)17-7-8-17)10-9-18-13-20-21(35-18)14-22(36-20)27(11-12-27)25(30)31/h2-6,13-15,17H,7-8,11-12H2,1H3,(H,28,32)(H,30,31). The lowest BCUT2D eigenvalue weighted by atomic mass is 10.1. The largest absolute Gasteiger partial charge is 0.481 e. The Hall–Kier alpha value is -3.61. The van der Waals surface area contributed by atoms with E-state index >= 15 is 0 Å². The summed E-state index contributed by atoms with van der Waals surface area (Å²) in [4.78, 5) is 26.1. The molecule has 9 heteroatoms. The minimum absolute atomic E-state index is 0.251. The second-order valence-corrected chi connectivity index (χ2v) is 11.4. The molecule has 0 bridgehead atoms. The van der Waals surface area contributed by atoms with Crippen LogP contribution in [0.4, 0.5) is 10.5 Å². The number of thiophene rings is 2. The van der Waals surface area contributed by atoms with Crippen LogP contribution in [0.15, 0.2) is 47.0 Å². The summed E-state index contributed by atoms with van der Waals surface area (Å²) < 4.78 is 13.1. The number of nitrogens with one attached hydrogen (secondary N) is 1. The summed E-state index contributed by atoms with van der Waals surface area (Å²) in [5, 5.41) is 16.5. The van der Waals surface area contributed by atoms with Gasteiger partial charge in [0.2, 0.25) is 5.76 Å². The number of nitrogens with zero attached hydrogens (tertiary/aromatic N) is 1. The fourth-order valence-corrected chi connectivity index (χ4v) is 6.66. The van der Waals surface area contributed by atoms with Crippen molar-refractivity contribution in [3.05, 3.63) is 69.2 Å². The fourth-order valence-electron chi connectivity index (χ4n) is 4.17. The van der Waals surface area contributed by atoms with Gasteiger partial charge in [0, 0.05) is 20.2 Å². The number of rotatable bonds is 6. The van der Waals surface area contributed by atoms with Gasteiger partial charge in [-0.05, 0) is 62.1 Å². The van der Waals surface area contributed by atoms with Crippen LogP contribution in [0.3, 0.4) is 0 Å². The van der Waals surface area contributed by atoms with Crippen LogP contribution in [0, 0.1) is 11.8 Å². The molecule has 0 radical (unpaired) electrons. The molecule has 1 unspecified atom stereocenters. The van der Waals surface area contributed by atoms with Gasteiger partial charge in [-0.2, -0.15) is 0 Å². The summed E-state index contributed by atoms with van der Waals surface area (Å²) in [6.07, 6.45) is 2.37. The third-order valence-electron chi connectivity index (χ3n) is 6.60. The maximum Gasteiger partial charge on any atom is 0.412 e. The van der Waals surface area contributed by atoms with Gasteiger partial charge in [-0.1, -0.05) is 35.5 Å². The van der Waals surface area contributed by atoms with Gasteiger partial charge in [0.25, 0.3) is 0 Å². The smallest absolute Gasteiger partial charge is 0.412 e. The van der Waals surface area contributed by atoms with Crippen LogP contribution in [0.1, 0.15) is 71.4 Å². The van der Waals surface area contributed by atoms with Gasteiger partial charge in [0.1, 0.15) is 22.9 Å². The van der Waals surface area contributed by atoms with Gasteiger partial charge in [0.15, 0.2) is 0 Å². The number of anilines is 1. The highest BCUT2D eigenvalue weighted by Crippen LogP contribution is 2.52. The van der Waals surface area contributed by atoms with E-state index in [1.54, 1.807) is 0 Å². The molecule has 3 aromatic heterocycles. The van der Waals surface area contributed by atoms with E-state index in [-0.39, 0.29) is 5.92 Å². The summed E-state index contributed by atoms with van der Waals surface area (Å²) in [6.45, 7) is 1.82. The molecule has 0 saturated heterocycles. The SMILES string of the molecule is CC(OC(=O)Nc1c(C2CC2)noc1C#Cc1cc2sc(C3(C(=O)O)CC3)cc2s1)c1ccccc1. The van der Waals surface area contributed by atoms with Crippen LogP contribution < -0.4 is 5.32 Å². The summed E-state index contributed by atoms with van der Waals surface area (Å²) >= 11 is 3.04. The number of carboxylic acids is 1. The van der Waals surface area contributed by atoms with Gasteiger partial charge in [-0.3, -0.25) is 10.1 Å². The van der Waals surface area contributed by atoms with Crippen LogP contribution in [-0.2, 0) is 14.9 Å². The molecule has 2 saturated carbocycles. The molecule has 2 aliphatic rings. The molecule has 1 aromatic carbocycles. The summed E-state index contributed by atoms with van der Waals surface area (Å²) in [5.74, 6) is 5.94. The van der Waals surface area contributed by atoms with Crippen LogP contribution in [-0.4, -0.2) is 22.3 Å². The Morgan fingerprint density at radius 2 is 1.92 bits per heavy atom. The number of amides is 1. The van der Waals surface area contributed by atoms with Crippen molar-refractivity contribution in [1.29, 1.82) is 0 Å². The number of ether oxygens (including phenoxy) is 1. The average molecular weight is 519 g/mol. The normalized spacial score (nSPS) is 16.7. The Morgan fingerprint density at radius 3 is 2.58 bits per heavy atom. The highest BCUT2D eigenvalue weighted by Gasteiger charge is 2.53. The van der Waals surface area contributed by atoms with E-state index in [4.69, 9.17) is 9.26 Å². The molecule has 3 heterocycles. The van der Waals surface area contributed by atoms with Crippen LogP contribution >= 0.6 is 22.7 Å². The molecule has 2 fully saturated rings. The van der Waals surface area contributed by atoms with E-state index < -0.39 is 23.6 Å². The number of fused-ring (bicyclic) bond motifs is 1. The van der Waals surface area contributed by atoms with Crippen molar-refractivity contribution >= 4 is 49.8 Å². The Kier molecular flexibility index (Phi) is 5.58. The van der Waals surface area contributed by atoms with E-state index in [2.05, 4.69) is 22.3 Å². The lowest BCUT2D eigenvalue weighted by molar-refractivity contribution is -0.139. The van der Waals surface area contributed by atoms with Crippen molar-refractivity contribution in [3.8, 4) is 11.8 Å². The molecule has 1 atom stereocenters. The number of aromatic nitrogens is 1. The topological polar surface area (TPSA) is 102 Å². The van der Waals surface area contributed by atoms with Crippen LogP contribution in [0.2, 0.25) is 0 Å². The Bertz CT molecular complexity index is 1500. The van der Waals surface area contributed by atoms with Crippen molar-refractivity contribution < 1.29 is 24.0 Å². The number of hydrogen-bond acceptors (Lipinski definition) is 7. The monoisotopic (exact) mass is 518 g/mol. The molecule has 1 amide bonds. The van der Waals surface area contributed by atoms with Crippen LogP contribution in [0.5, 0.6) is 0 Å². The zero-order valence-corrected chi connectivity index (χ0v) is 21.0. The van der Waals surface area contributed by atoms with Crippen molar-refractivity contribution in [2.24, 2.45) is 0 Å².